The van der Waals surface area contributed by atoms with Crippen molar-refractivity contribution >= 4 is 5.69 Å². The number of nitrogens with two attached hydrogens (primary N) is 1. The zero-order chi connectivity index (χ0) is 11.4. The van der Waals surface area contributed by atoms with Crippen molar-refractivity contribution in [1.82, 2.24) is 4.90 Å². The maximum absolute atomic E-state index is 5.59. The predicted octanol–water partition coefficient (Wildman–Crippen LogP) is 0.940. The van der Waals surface area contributed by atoms with Crippen molar-refractivity contribution in [3.63, 3.8) is 0 Å². The van der Waals surface area contributed by atoms with Crippen LogP contribution in [0.2, 0.25) is 0 Å². The molecule has 3 heteroatoms. The molecular formula is C13H21N3. The lowest BCUT2D eigenvalue weighted by molar-refractivity contribution is 0.313. The molecule has 0 unspecified atom stereocenters. The molecule has 1 saturated heterocycles. The topological polar surface area (TPSA) is 32.5 Å². The van der Waals surface area contributed by atoms with Crippen LogP contribution in [0.15, 0.2) is 24.3 Å². The molecule has 88 valence electrons. The molecule has 1 aliphatic heterocycles. The molecule has 0 radical (unpaired) electrons. The first-order chi connectivity index (χ1) is 7.79. The molecule has 0 bridgehead atoms. The number of anilines is 1. The van der Waals surface area contributed by atoms with Crippen molar-refractivity contribution in [2.45, 2.75) is 6.42 Å². The van der Waals surface area contributed by atoms with Gasteiger partial charge >= 0.3 is 0 Å². The summed E-state index contributed by atoms with van der Waals surface area (Å²) >= 11 is 0. The molecule has 0 saturated carbocycles. The van der Waals surface area contributed by atoms with Crippen LogP contribution in [0.4, 0.5) is 5.69 Å². The number of likely N-dealkylation sites (N-methyl/N-ethyl adjacent to an activating group) is 1. The van der Waals surface area contributed by atoms with Crippen LogP contribution in [0.1, 0.15) is 5.56 Å². The summed E-state index contributed by atoms with van der Waals surface area (Å²) in [5.41, 5.74) is 8.28. The van der Waals surface area contributed by atoms with Gasteiger partial charge in [-0.25, -0.2) is 0 Å². The lowest BCUT2D eigenvalue weighted by atomic mass is 10.1. The molecule has 0 aliphatic carbocycles. The summed E-state index contributed by atoms with van der Waals surface area (Å²) in [7, 11) is 2.18. The summed E-state index contributed by atoms with van der Waals surface area (Å²) in [5, 5.41) is 0. The van der Waals surface area contributed by atoms with Gasteiger partial charge in [0.2, 0.25) is 0 Å². The minimum absolute atomic E-state index is 0.728. The molecule has 3 nitrogen and oxygen atoms in total. The third-order valence-electron chi connectivity index (χ3n) is 3.21. The van der Waals surface area contributed by atoms with E-state index in [0.29, 0.717) is 0 Å². The van der Waals surface area contributed by atoms with Gasteiger partial charge in [0.25, 0.3) is 0 Å². The molecule has 1 heterocycles. The number of rotatable bonds is 3. The van der Waals surface area contributed by atoms with E-state index in [4.69, 9.17) is 5.73 Å². The Morgan fingerprint density at radius 1 is 1.19 bits per heavy atom. The van der Waals surface area contributed by atoms with Gasteiger partial charge in [-0.15, -0.1) is 0 Å². The van der Waals surface area contributed by atoms with Gasteiger partial charge in [0.15, 0.2) is 0 Å². The number of nitrogens with zero attached hydrogens (tertiary/aromatic N) is 2. The first-order valence-electron chi connectivity index (χ1n) is 6.02. The minimum atomic E-state index is 0.728. The third kappa shape index (κ3) is 2.74. The van der Waals surface area contributed by atoms with Crippen molar-refractivity contribution < 1.29 is 0 Å². The average molecular weight is 219 g/mol. The molecule has 1 aromatic rings. The van der Waals surface area contributed by atoms with Crippen molar-refractivity contribution in [3.05, 3.63) is 29.8 Å². The largest absolute Gasteiger partial charge is 0.369 e. The van der Waals surface area contributed by atoms with Crippen LogP contribution in [0.25, 0.3) is 0 Å². The summed E-state index contributed by atoms with van der Waals surface area (Å²) in [6.07, 6.45) is 0.974. The quantitative estimate of drug-likeness (QED) is 0.821. The van der Waals surface area contributed by atoms with Gasteiger partial charge in [0.05, 0.1) is 0 Å². The Morgan fingerprint density at radius 3 is 2.62 bits per heavy atom. The first-order valence-corrected chi connectivity index (χ1v) is 6.02. The van der Waals surface area contributed by atoms with Crippen LogP contribution in [0.3, 0.4) is 0 Å². The Labute approximate surface area is 97.8 Å². The molecule has 16 heavy (non-hydrogen) atoms. The fourth-order valence-electron chi connectivity index (χ4n) is 2.14. The van der Waals surface area contributed by atoms with Crippen LogP contribution in [-0.2, 0) is 6.42 Å². The summed E-state index contributed by atoms with van der Waals surface area (Å²) < 4.78 is 0. The molecule has 0 atom stereocenters. The van der Waals surface area contributed by atoms with E-state index in [9.17, 15) is 0 Å². The fourth-order valence-corrected chi connectivity index (χ4v) is 2.14. The van der Waals surface area contributed by atoms with Crippen LogP contribution in [-0.4, -0.2) is 44.7 Å². The second kappa shape index (κ2) is 5.32. The van der Waals surface area contributed by atoms with Gasteiger partial charge in [-0.2, -0.15) is 0 Å². The van der Waals surface area contributed by atoms with E-state index in [2.05, 4.69) is 41.1 Å². The highest BCUT2D eigenvalue weighted by atomic mass is 15.2. The first kappa shape index (κ1) is 11.4. The zero-order valence-electron chi connectivity index (χ0n) is 10.0. The lowest BCUT2D eigenvalue weighted by Gasteiger charge is -2.34. The van der Waals surface area contributed by atoms with Crippen LogP contribution >= 0.6 is 0 Å². The Morgan fingerprint density at radius 2 is 1.94 bits per heavy atom. The normalized spacial score (nSPS) is 17.8. The van der Waals surface area contributed by atoms with E-state index in [1.807, 2.05) is 0 Å². The monoisotopic (exact) mass is 219 g/mol. The van der Waals surface area contributed by atoms with Crippen molar-refractivity contribution in [3.8, 4) is 0 Å². The molecule has 0 aromatic heterocycles. The molecule has 2 rings (SSSR count). The summed E-state index contributed by atoms with van der Waals surface area (Å²) in [6, 6.07) is 8.77. The highest BCUT2D eigenvalue weighted by Gasteiger charge is 2.13. The molecule has 1 fully saturated rings. The summed E-state index contributed by atoms with van der Waals surface area (Å²) in [6.45, 7) is 5.29. The van der Waals surface area contributed by atoms with Gasteiger partial charge < -0.3 is 15.5 Å². The third-order valence-corrected chi connectivity index (χ3v) is 3.21. The minimum Gasteiger partial charge on any atom is -0.369 e. The van der Waals surface area contributed by atoms with Gasteiger partial charge in [-0.1, -0.05) is 12.1 Å². The molecule has 1 aromatic carbocycles. The number of hydrogen-bond acceptors (Lipinski definition) is 3. The van der Waals surface area contributed by atoms with E-state index < -0.39 is 0 Å². The molecular weight excluding hydrogens is 198 g/mol. The number of benzene rings is 1. The second-order valence-corrected chi connectivity index (χ2v) is 4.50. The van der Waals surface area contributed by atoms with Gasteiger partial charge in [0, 0.05) is 31.9 Å². The highest BCUT2D eigenvalue weighted by molar-refractivity contribution is 5.49. The molecule has 1 aliphatic rings. The summed E-state index contributed by atoms with van der Waals surface area (Å²) in [4.78, 5) is 4.83. The summed E-state index contributed by atoms with van der Waals surface area (Å²) in [5.74, 6) is 0. The Kier molecular flexibility index (Phi) is 3.80. The maximum Gasteiger partial charge on any atom is 0.0369 e. The number of piperazine rings is 1. The molecule has 0 amide bonds. The predicted molar refractivity (Wildman–Crippen MR) is 68.9 cm³/mol. The van der Waals surface area contributed by atoms with E-state index in [1.54, 1.807) is 0 Å². The Hall–Kier alpha value is -1.06. The van der Waals surface area contributed by atoms with Crippen molar-refractivity contribution in [2.75, 3.05) is 44.7 Å². The average Bonchev–Trinajstić information content (AvgIpc) is 2.31. The molecule has 0 spiro atoms. The van der Waals surface area contributed by atoms with Crippen LogP contribution in [0, 0.1) is 0 Å². The number of hydrogen-bond donors (Lipinski definition) is 1. The van der Waals surface area contributed by atoms with Crippen LogP contribution < -0.4 is 10.6 Å². The Balaban J connectivity index is 2.05. The van der Waals surface area contributed by atoms with Crippen molar-refractivity contribution in [1.29, 1.82) is 0 Å². The van der Waals surface area contributed by atoms with Gasteiger partial charge in [-0.05, 0) is 37.7 Å². The standard InChI is InChI=1S/C13H21N3/c1-15-7-9-16(10-8-15)13-4-2-3-12(11-13)5-6-14/h2-4,11H,5-10,14H2,1H3. The fraction of sp³-hybridized carbons (Fsp3) is 0.538. The van der Waals surface area contributed by atoms with Gasteiger partial charge in [-0.3, -0.25) is 0 Å². The van der Waals surface area contributed by atoms with Gasteiger partial charge in [0.1, 0.15) is 0 Å². The van der Waals surface area contributed by atoms with E-state index in [-0.39, 0.29) is 0 Å². The van der Waals surface area contributed by atoms with E-state index >= 15 is 0 Å². The second-order valence-electron chi connectivity index (χ2n) is 4.50. The molecule has 2 N–H and O–H groups in total. The smallest absolute Gasteiger partial charge is 0.0369 e. The van der Waals surface area contributed by atoms with Crippen LogP contribution in [0.5, 0.6) is 0 Å². The lowest BCUT2D eigenvalue weighted by Crippen LogP contribution is -2.44. The van der Waals surface area contributed by atoms with E-state index in [1.165, 1.54) is 11.3 Å². The van der Waals surface area contributed by atoms with E-state index in [0.717, 1.165) is 39.1 Å². The van der Waals surface area contributed by atoms with Crippen molar-refractivity contribution in [2.24, 2.45) is 5.73 Å². The highest BCUT2D eigenvalue weighted by Crippen LogP contribution is 2.17. The zero-order valence-corrected chi connectivity index (χ0v) is 10.0. The Bertz CT molecular complexity index is 330. The SMILES string of the molecule is CN1CCN(c2cccc(CCN)c2)CC1. The maximum atomic E-state index is 5.59.